The predicted octanol–water partition coefficient (Wildman–Crippen LogP) is 3.72. The molecule has 5 nitrogen and oxygen atoms in total. The Morgan fingerprint density at radius 3 is 2.58 bits per heavy atom. The number of nitrogens with one attached hydrogen (secondary N) is 1. The molecule has 1 aliphatic heterocycles. The predicted molar refractivity (Wildman–Crippen MR) is 104 cm³/mol. The summed E-state index contributed by atoms with van der Waals surface area (Å²) >= 11 is 0. The van der Waals surface area contributed by atoms with Gasteiger partial charge < -0.3 is 5.32 Å². The fraction of sp³-hybridized carbons (Fsp3) is 0.350. The van der Waals surface area contributed by atoms with Crippen molar-refractivity contribution in [3.63, 3.8) is 0 Å². The molecule has 0 saturated heterocycles. The van der Waals surface area contributed by atoms with Crippen LogP contribution in [0, 0.1) is 6.92 Å². The van der Waals surface area contributed by atoms with Gasteiger partial charge in [-0.05, 0) is 37.1 Å². The second kappa shape index (κ2) is 7.11. The molecule has 1 aliphatic rings. The van der Waals surface area contributed by atoms with E-state index < -0.39 is 10.0 Å². The number of carbonyl (C=O) groups is 1. The van der Waals surface area contributed by atoms with Gasteiger partial charge >= 0.3 is 0 Å². The van der Waals surface area contributed by atoms with Gasteiger partial charge in [-0.3, -0.25) is 9.10 Å². The molecule has 0 unspecified atom stereocenters. The van der Waals surface area contributed by atoms with E-state index in [1.54, 1.807) is 37.4 Å². The Morgan fingerprint density at radius 1 is 1.12 bits per heavy atom. The maximum Gasteiger partial charge on any atom is 0.264 e. The van der Waals surface area contributed by atoms with Crippen molar-refractivity contribution in [2.45, 2.75) is 38.0 Å². The molecule has 0 aromatic heterocycles. The molecule has 2 aromatic carbocycles. The van der Waals surface area contributed by atoms with Crippen molar-refractivity contribution in [2.24, 2.45) is 0 Å². The van der Waals surface area contributed by atoms with E-state index in [1.807, 2.05) is 13.0 Å². The molecule has 1 amide bonds. The van der Waals surface area contributed by atoms with Gasteiger partial charge in [-0.2, -0.15) is 0 Å². The van der Waals surface area contributed by atoms with E-state index >= 15 is 0 Å². The fourth-order valence-corrected chi connectivity index (χ4v) is 4.88. The number of hydrogen-bond donors (Lipinski definition) is 1. The molecule has 0 fully saturated rings. The van der Waals surface area contributed by atoms with Gasteiger partial charge in [-0.25, -0.2) is 8.42 Å². The van der Waals surface area contributed by atoms with Gasteiger partial charge in [-0.15, -0.1) is 0 Å². The van der Waals surface area contributed by atoms with Crippen LogP contribution in [-0.2, 0) is 10.0 Å². The van der Waals surface area contributed by atoms with Crippen LogP contribution in [0.15, 0.2) is 41.3 Å². The number of amides is 1. The molecule has 0 bridgehead atoms. The van der Waals surface area contributed by atoms with Crippen molar-refractivity contribution in [2.75, 3.05) is 17.9 Å². The third kappa shape index (κ3) is 3.09. The standard InChI is InChI=1S/C20H24N2O3S/c1-4-5-8-11-21-20(23)15-12-14(2)19-17(13-15)16-9-6-7-10-18(16)26(24,25)22(19)3/h6-7,9-10,12-13H,4-5,8,11H2,1-3H3,(H,21,23). The first-order valence-electron chi connectivity index (χ1n) is 8.89. The Hall–Kier alpha value is -2.34. The van der Waals surface area contributed by atoms with Crippen LogP contribution in [0.1, 0.15) is 42.1 Å². The van der Waals surface area contributed by atoms with Crippen molar-refractivity contribution in [3.05, 3.63) is 47.5 Å². The number of fused-ring (bicyclic) bond motifs is 3. The maximum atomic E-state index is 12.8. The molecule has 0 radical (unpaired) electrons. The lowest BCUT2D eigenvalue weighted by molar-refractivity contribution is 0.0953. The topological polar surface area (TPSA) is 66.5 Å². The summed E-state index contributed by atoms with van der Waals surface area (Å²) in [6, 6.07) is 10.5. The Morgan fingerprint density at radius 2 is 1.85 bits per heavy atom. The largest absolute Gasteiger partial charge is 0.352 e. The van der Waals surface area contributed by atoms with Crippen molar-refractivity contribution in [3.8, 4) is 11.1 Å². The van der Waals surface area contributed by atoms with E-state index in [0.29, 0.717) is 23.4 Å². The summed E-state index contributed by atoms with van der Waals surface area (Å²) in [4.78, 5) is 12.8. The Labute approximate surface area is 155 Å². The SMILES string of the molecule is CCCCCNC(=O)c1cc(C)c2c(c1)-c1ccccc1S(=O)(=O)N2C. The van der Waals surface area contributed by atoms with Gasteiger partial charge in [0, 0.05) is 30.3 Å². The van der Waals surface area contributed by atoms with Crippen LogP contribution in [0.2, 0.25) is 0 Å². The van der Waals surface area contributed by atoms with Crippen LogP contribution in [0.25, 0.3) is 11.1 Å². The number of aryl methyl sites for hydroxylation is 1. The lowest BCUT2D eigenvalue weighted by Crippen LogP contribution is -2.31. The molecule has 2 aromatic rings. The molecular weight excluding hydrogens is 348 g/mol. The summed E-state index contributed by atoms with van der Waals surface area (Å²) in [6.07, 6.45) is 3.14. The van der Waals surface area contributed by atoms with Crippen molar-refractivity contribution in [1.82, 2.24) is 5.32 Å². The molecule has 1 heterocycles. The van der Waals surface area contributed by atoms with E-state index in [4.69, 9.17) is 0 Å². The van der Waals surface area contributed by atoms with E-state index in [0.717, 1.165) is 30.4 Å². The zero-order valence-electron chi connectivity index (χ0n) is 15.4. The van der Waals surface area contributed by atoms with Gasteiger partial charge in [0.25, 0.3) is 15.9 Å². The van der Waals surface area contributed by atoms with Crippen LogP contribution in [-0.4, -0.2) is 27.9 Å². The highest BCUT2D eigenvalue weighted by molar-refractivity contribution is 7.93. The maximum absolute atomic E-state index is 12.8. The molecule has 0 spiro atoms. The fourth-order valence-electron chi connectivity index (χ4n) is 3.39. The number of unbranched alkanes of at least 4 members (excludes halogenated alkanes) is 2. The van der Waals surface area contributed by atoms with Crippen LogP contribution in [0.5, 0.6) is 0 Å². The molecule has 0 atom stereocenters. The third-order valence-corrected chi connectivity index (χ3v) is 6.57. The molecule has 1 N–H and O–H groups in total. The van der Waals surface area contributed by atoms with Gasteiger partial charge in [0.1, 0.15) is 0 Å². The normalized spacial score (nSPS) is 14.5. The zero-order valence-corrected chi connectivity index (χ0v) is 16.2. The van der Waals surface area contributed by atoms with Crippen molar-refractivity contribution >= 4 is 21.6 Å². The van der Waals surface area contributed by atoms with Crippen LogP contribution in [0.4, 0.5) is 5.69 Å². The minimum atomic E-state index is -3.58. The first kappa shape index (κ1) is 18.5. The molecule has 0 aliphatic carbocycles. The number of carbonyl (C=O) groups excluding carboxylic acids is 1. The minimum absolute atomic E-state index is 0.124. The lowest BCUT2D eigenvalue weighted by atomic mass is 9.96. The Balaban J connectivity index is 2.05. The smallest absolute Gasteiger partial charge is 0.264 e. The number of anilines is 1. The van der Waals surface area contributed by atoms with Gasteiger partial charge in [-0.1, -0.05) is 38.0 Å². The van der Waals surface area contributed by atoms with Crippen molar-refractivity contribution < 1.29 is 13.2 Å². The molecule has 138 valence electrons. The highest BCUT2D eigenvalue weighted by Gasteiger charge is 2.33. The van der Waals surface area contributed by atoms with Gasteiger partial charge in [0.15, 0.2) is 0 Å². The first-order chi connectivity index (χ1) is 12.4. The third-order valence-electron chi connectivity index (χ3n) is 4.76. The monoisotopic (exact) mass is 372 g/mol. The summed E-state index contributed by atoms with van der Waals surface area (Å²) in [5.41, 5.74) is 3.37. The van der Waals surface area contributed by atoms with Crippen LogP contribution < -0.4 is 9.62 Å². The lowest BCUT2D eigenvalue weighted by Gasteiger charge is -2.31. The van der Waals surface area contributed by atoms with Gasteiger partial charge in [0.05, 0.1) is 10.6 Å². The number of sulfonamides is 1. The van der Waals surface area contributed by atoms with Crippen LogP contribution >= 0.6 is 0 Å². The van der Waals surface area contributed by atoms with E-state index in [9.17, 15) is 13.2 Å². The Kier molecular flexibility index (Phi) is 5.05. The molecule has 26 heavy (non-hydrogen) atoms. The number of hydrogen-bond acceptors (Lipinski definition) is 3. The summed E-state index contributed by atoms with van der Waals surface area (Å²) in [7, 11) is -2.02. The van der Waals surface area contributed by atoms with Crippen LogP contribution in [0.3, 0.4) is 0 Å². The summed E-state index contributed by atoms with van der Waals surface area (Å²) in [5, 5.41) is 2.95. The average Bonchev–Trinajstić information content (AvgIpc) is 2.63. The second-order valence-corrected chi connectivity index (χ2v) is 8.56. The quantitative estimate of drug-likeness (QED) is 0.814. The molecule has 3 rings (SSSR count). The van der Waals surface area contributed by atoms with Crippen molar-refractivity contribution in [1.29, 1.82) is 0 Å². The molecule has 0 saturated carbocycles. The van der Waals surface area contributed by atoms with E-state index in [-0.39, 0.29) is 10.8 Å². The summed E-state index contributed by atoms with van der Waals surface area (Å²) in [6.45, 7) is 4.61. The first-order valence-corrected chi connectivity index (χ1v) is 10.3. The summed E-state index contributed by atoms with van der Waals surface area (Å²) in [5.74, 6) is -0.124. The molecule has 6 heteroatoms. The van der Waals surface area contributed by atoms with Gasteiger partial charge in [0.2, 0.25) is 0 Å². The number of rotatable bonds is 5. The summed E-state index contributed by atoms with van der Waals surface area (Å²) < 4.78 is 26.9. The highest BCUT2D eigenvalue weighted by Crippen LogP contribution is 2.44. The zero-order chi connectivity index (χ0) is 18.9. The second-order valence-electron chi connectivity index (χ2n) is 6.62. The number of benzene rings is 2. The highest BCUT2D eigenvalue weighted by atomic mass is 32.2. The number of nitrogens with zero attached hydrogens (tertiary/aromatic N) is 1. The Bertz CT molecular complexity index is 952. The average molecular weight is 372 g/mol. The molecular formula is C20H24N2O3S. The van der Waals surface area contributed by atoms with E-state index in [2.05, 4.69) is 12.2 Å². The minimum Gasteiger partial charge on any atom is -0.352 e. The van der Waals surface area contributed by atoms with E-state index in [1.165, 1.54) is 4.31 Å².